The molecule has 11 nitrogen and oxygen atoms in total. The number of piperazine rings is 1. The molecule has 2 aromatic heterocycles. The average molecular weight is 787 g/mol. The van der Waals surface area contributed by atoms with E-state index in [-0.39, 0.29) is 47.7 Å². The minimum Gasteiger partial charge on any atom is -0.468 e. The van der Waals surface area contributed by atoms with E-state index in [1.54, 1.807) is 24.4 Å². The van der Waals surface area contributed by atoms with Gasteiger partial charge >= 0.3 is 12.1 Å². The Hall–Kier alpha value is -4.58. The Morgan fingerprint density at radius 3 is 2.36 bits per heavy atom. The first-order valence-electron chi connectivity index (χ1n) is 19.7. The molecule has 1 amide bonds. The molecule has 0 saturated carbocycles. The highest BCUT2D eigenvalue weighted by Gasteiger charge is 2.44. The lowest BCUT2D eigenvalue weighted by Crippen LogP contribution is -2.55. The summed E-state index contributed by atoms with van der Waals surface area (Å²) in [5.74, 6) is 2.90. The van der Waals surface area contributed by atoms with Gasteiger partial charge in [0.15, 0.2) is 12.6 Å². The molecule has 3 fully saturated rings. The van der Waals surface area contributed by atoms with E-state index in [4.69, 9.17) is 24.2 Å². The Bertz CT molecular complexity index is 2150. The van der Waals surface area contributed by atoms with Crippen molar-refractivity contribution in [2.75, 3.05) is 45.0 Å². The van der Waals surface area contributed by atoms with Crippen LogP contribution in [0.5, 0.6) is 11.8 Å². The monoisotopic (exact) mass is 786 g/mol. The van der Waals surface area contributed by atoms with Crippen molar-refractivity contribution in [3.8, 4) is 34.5 Å². The molecular weight excluding hydrogens is 735 g/mol. The molecule has 0 radical (unpaired) electrons. The lowest BCUT2D eigenvalue weighted by atomic mass is 9.95. The maximum absolute atomic E-state index is 17.5. The van der Waals surface area contributed by atoms with Crippen LogP contribution in [0.2, 0.25) is 16.6 Å². The molecule has 1 unspecified atom stereocenters. The highest BCUT2D eigenvalue weighted by molar-refractivity contribution is 6.90. The van der Waals surface area contributed by atoms with Crippen molar-refractivity contribution in [1.82, 2.24) is 25.2 Å². The lowest BCUT2D eigenvalue weighted by Gasteiger charge is -2.40. The summed E-state index contributed by atoms with van der Waals surface area (Å²) < 4.78 is 50.9. The number of halogens is 2. The number of carbonyl (C=O) groups is 1. The summed E-state index contributed by atoms with van der Waals surface area (Å²) in [6.45, 7) is 15.1. The fourth-order valence-electron chi connectivity index (χ4n) is 9.51. The van der Waals surface area contributed by atoms with E-state index in [2.05, 4.69) is 63.3 Å². The molecule has 14 heteroatoms. The molecule has 2 bridgehead atoms. The largest absolute Gasteiger partial charge is 0.468 e. The van der Waals surface area contributed by atoms with E-state index < -0.39 is 25.8 Å². The van der Waals surface area contributed by atoms with E-state index in [1.165, 1.54) is 18.1 Å². The summed E-state index contributed by atoms with van der Waals surface area (Å²) in [4.78, 5) is 29.8. The van der Waals surface area contributed by atoms with Gasteiger partial charge in [0.1, 0.15) is 43.3 Å². The van der Waals surface area contributed by atoms with E-state index >= 15 is 8.78 Å². The van der Waals surface area contributed by atoms with Crippen LogP contribution >= 0.6 is 0 Å². The Balaban J connectivity index is 1.43. The number of fused-ring (bicyclic) bond motifs is 4. The number of methoxy groups -OCH3 is 1. The first-order chi connectivity index (χ1) is 26.8. The fraction of sp³-hybridized carbons (Fsp3) is 0.524. The molecule has 2 aromatic carbocycles. The highest BCUT2D eigenvalue weighted by atomic mass is 28.3. The third-order valence-corrected chi connectivity index (χ3v) is 18.4. The number of hydrogen-bond acceptors (Lipinski definition) is 9. The van der Waals surface area contributed by atoms with Crippen molar-refractivity contribution in [3.63, 3.8) is 0 Å². The second-order valence-electron chi connectivity index (χ2n) is 16.3. The van der Waals surface area contributed by atoms with Crippen molar-refractivity contribution in [3.05, 3.63) is 47.7 Å². The molecule has 4 aromatic rings. The zero-order chi connectivity index (χ0) is 39.9. The molecule has 56 heavy (non-hydrogen) atoms. The molecule has 5 heterocycles. The predicted octanol–water partition coefficient (Wildman–Crippen LogP) is 8.14. The summed E-state index contributed by atoms with van der Waals surface area (Å²) in [5, 5.41) is 14.7. The lowest BCUT2D eigenvalue weighted by molar-refractivity contribution is 0.0512. The van der Waals surface area contributed by atoms with Crippen LogP contribution in [0.4, 0.5) is 19.4 Å². The number of ether oxygens (including phenoxy) is 3. The number of nitrogens with one attached hydrogen (secondary N) is 1. The normalized spacial score (nSPS) is 19.8. The van der Waals surface area contributed by atoms with Gasteiger partial charge < -0.3 is 29.5 Å². The number of hydrogen-bond donors (Lipinski definition) is 2. The Morgan fingerprint density at radius 2 is 1.73 bits per heavy atom. The number of amides is 1. The second kappa shape index (κ2) is 16.1. The Morgan fingerprint density at radius 1 is 1.02 bits per heavy atom. The highest BCUT2D eigenvalue weighted by Crippen LogP contribution is 2.43. The van der Waals surface area contributed by atoms with Gasteiger partial charge in [-0.3, -0.25) is 9.88 Å². The SMILES string of the molecule is COCOc1cc(-c2ncc3c(N4CC5CC[C@@H](C4)N5C(=O)O)nc(OC[C@@H]4CCCN4)nc3c2F)c2c(C#C[Si](C(C)C)(C(C)C)C(C)C)c(F)ccc2c1. The summed E-state index contributed by atoms with van der Waals surface area (Å²) >= 11 is 0. The van der Waals surface area contributed by atoms with E-state index in [0.29, 0.717) is 69.6 Å². The fourth-order valence-corrected chi connectivity index (χ4v) is 14.7. The van der Waals surface area contributed by atoms with Gasteiger partial charge in [0.2, 0.25) is 0 Å². The van der Waals surface area contributed by atoms with Gasteiger partial charge in [-0.1, -0.05) is 53.5 Å². The summed E-state index contributed by atoms with van der Waals surface area (Å²) in [7, 11) is -0.780. The van der Waals surface area contributed by atoms with Crippen molar-refractivity contribution in [1.29, 1.82) is 0 Å². The van der Waals surface area contributed by atoms with Gasteiger partial charge in [-0.2, -0.15) is 9.97 Å². The van der Waals surface area contributed by atoms with Crippen molar-refractivity contribution in [2.45, 2.75) is 102 Å². The quantitative estimate of drug-likeness (QED) is 0.0876. The van der Waals surface area contributed by atoms with Crippen molar-refractivity contribution in [2.24, 2.45) is 0 Å². The van der Waals surface area contributed by atoms with Gasteiger partial charge in [0, 0.05) is 43.4 Å². The van der Waals surface area contributed by atoms with Crippen LogP contribution in [-0.4, -0.2) is 97.4 Å². The molecule has 7 rings (SSSR count). The van der Waals surface area contributed by atoms with Crippen molar-refractivity contribution < 1.29 is 32.9 Å². The first kappa shape index (κ1) is 39.6. The smallest absolute Gasteiger partial charge is 0.407 e. The predicted molar refractivity (Wildman–Crippen MR) is 216 cm³/mol. The minimum absolute atomic E-state index is 0.00589. The van der Waals surface area contributed by atoms with Gasteiger partial charge in [-0.15, -0.1) is 5.54 Å². The molecule has 2 N–H and O–H groups in total. The number of aromatic nitrogens is 3. The van der Waals surface area contributed by atoms with Crippen LogP contribution in [0, 0.1) is 23.1 Å². The number of carboxylic acid groups (broad SMARTS) is 1. The number of nitrogens with zero attached hydrogens (tertiary/aromatic N) is 5. The Labute approximate surface area is 328 Å². The van der Waals surface area contributed by atoms with Crippen LogP contribution in [-0.2, 0) is 4.74 Å². The number of anilines is 1. The number of pyridine rings is 1. The van der Waals surface area contributed by atoms with Crippen LogP contribution in [0.25, 0.3) is 32.9 Å². The zero-order valence-corrected chi connectivity index (χ0v) is 34.3. The zero-order valence-electron chi connectivity index (χ0n) is 33.3. The summed E-state index contributed by atoms with van der Waals surface area (Å²) in [6.07, 6.45) is 4.04. The van der Waals surface area contributed by atoms with Crippen LogP contribution in [0.1, 0.15) is 72.8 Å². The maximum atomic E-state index is 17.5. The molecule has 0 spiro atoms. The average Bonchev–Trinajstić information content (AvgIpc) is 3.78. The molecule has 3 atom stereocenters. The molecule has 298 valence electrons. The molecule has 3 saturated heterocycles. The van der Waals surface area contributed by atoms with Gasteiger partial charge in [-0.25, -0.2) is 13.6 Å². The Kier molecular flexibility index (Phi) is 11.4. The van der Waals surface area contributed by atoms with Crippen molar-refractivity contribution >= 4 is 41.7 Å². The molecule has 3 aliphatic heterocycles. The first-order valence-corrected chi connectivity index (χ1v) is 22.0. The summed E-state index contributed by atoms with van der Waals surface area (Å²) in [6, 6.07) is 6.14. The number of rotatable bonds is 11. The van der Waals surface area contributed by atoms with Gasteiger partial charge in [0.05, 0.1) is 23.0 Å². The topological polar surface area (TPSA) is 122 Å². The van der Waals surface area contributed by atoms with Crippen LogP contribution in [0.3, 0.4) is 0 Å². The van der Waals surface area contributed by atoms with Gasteiger partial charge in [0.25, 0.3) is 0 Å². The molecule has 0 aliphatic carbocycles. The van der Waals surface area contributed by atoms with Crippen LogP contribution < -0.4 is 19.7 Å². The van der Waals surface area contributed by atoms with E-state index in [1.807, 2.05) is 4.90 Å². The third-order valence-electron chi connectivity index (χ3n) is 12.1. The minimum atomic E-state index is -2.29. The molecular formula is C42H52F2N6O5Si. The summed E-state index contributed by atoms with van der Waals surface area (Å²) in [5.41, 5.74) is 5.03. The third kappa shape index (κ3) is 7.25. The van der Waals surface area contributed by atoms with E-state index in [0.717, 1.165) is 32.2 Å². The maximum Gasteiger partial charge on any atom is 0.407 e. The van der Waals surface area contributed by atoms with E-state index in [9.17, 15) is 9.90 Å². The standard InChI is InChI=1S/C42H52F2N6O5Si/c1-24(2)56(25(3)4,26(5)6)16-14-32-35(43)13-10-27-17-31(55-23-53-7)18-33(36(27)32)38-37(44)39-34(19-46-38)40(48-41(47-39)54-22-28-9-8-15-45-28)49-20-29-11-12-30(21-49)50(29)42(51)52/h10,13,17-19,24-26,28-30,45H,8-9,11-12,15,20-23H2,1-7H3,(H,51,52)/t28-,29-,30?/m0/s1. The van der Waals surface area contributed by atoms with Crippen LogP contribution in [0.15, 0.2) is 30.5 Å². The number of benzene rings is 2. The molecule has 3 aliphatic rings. The second-order valence-corrected chi connectivity index (χ2v) is 21.9. The van der Waals surface area contributed by atoms with Gasteiger partial charge in [-0.05, 0) is 72.4 Å².